The van der Waals surface area contributed by atoms with Crippen molar-refractivity contribution in [3.8, 4) is 0 Å². The molecule has 1 aromatic carbocycles. The lowest BCUT2D eigenvalue weighted by molar-refractivity contribution is 0.408. The Bertz CT molecular complexity index is 615. The standard InChI is InChI=1S/C11H8FN3O/c12-9-2-1-8-3-4-15(10(8)5-9)6-11-13-7-16-14-11/h1-5,7H,6H2. The number of hydrogen-bond donors (Lipinski definition) is 0. The second kappa shape index (κ2) is 3.44. The van der Waals surface area contributed by atoms with Crippen LogP contribution in [-0.4, -0.2) is 14.7 Å². The van der Waals surface area contributed by atoms with E-state index in [4.69, 9.17) is 0 Å². The third-order valence-corrected chi connectivity index (χ3v) is 2.45. The highest BCUT2D eigenvalue weighted by atomic mass is 19.1. The van der Waals surface area contributed by atoms with Gasteiger partial charge < -0.3 is 9.09 Å². The van der Waals surface area contributed by atoms with Gasteiger partial charge in [0.05, 0.1) is 12.1 Å². The zero-order valence-electron chi connectivity index (χ0n) is 8.30. The first kappa shape index (κ1) is 9.08. The smallest absolute Gasteiger partial charge is 0.213 e. The fourth-order valence-electron chi connectivity index (χ4n) is 1.71. The van der Waals surface area contributed by atoms with Gasteiger partial charge in [0.2, 0.25) is 6.39 Å². The fourth-order valence-corrected chi connectivity index (χ4v) is 1.71. The van der Waals surface area contributed by atoms with E-state index in [0.29, 0.717) is 12.4 Å². The average molecular weight is 217 g/mol. The molecule has 0 N–H and O–H groups in total. The first-order chi connectivity index (χ1) is 7.83. The number of rotatable bonds is 2. The van der Waals surface area contributed by atoms with Crippen LogP contribution < -0.4 is 0 Å². The van der Waals surface area contributed by atoms with Gasteiger partial charge in [-0.1, -0.05) is 5.16 Å². The van der Waals surface area contributed by atoms with Crippen LogP contribution in [0.2, 0.25) is 0 Å². The van der Waals surface area contributed by atoms with E-state index in [-0.39, 0.29) is 5.82 Å². The second-order valence-corrected chi connectivity index (χ2v) is 3.49. The Morgan fingerprint density at radius 1 is 1.31 bits per heavy atom. The molecule has 0 saturated heterocycles. The molecular weight excluding hydrogens is 209 g/mol. The molecule has 0 aliphatic heterocycles. The van der Waals surface area contributed by atoms with Crippen molar-refractivity contribution >= 4 is 10.9 Å². The van der Waals surface area contributed by atoms with Crippen LogP contribution in [-0.2, 0) is 6.54 Å². The minimum atomic E-state index is -0.249. The van der Waals surface area contributed by atoms with Gasteiger partial charge in [0.1, 0.15) is 5.82 Å². The molecule has 0 atom stereocenters. The summed E-state index contributed by atoms with van der Waals surface area (Å²) < 4.78 is 19.6. The molecular formula is C11H8FN3O. The summed E-state index contributed by atoms with van der Waals surface area (Å²) in [5.74, 6) is 0.322. The molecule has 2 aromatic heterocycles. The molecule has 3 aromatic rings. The lowest BCUT2D eigenvalue weighted by Gasteiger charge is -2.01. The molecule has 0 radical (unpaired) electrons. The highest BCUT2D eigenvalue weighted by Gasteiger charge is 2.05. The summed E-state index contributed by atoms with van der Waals surface area (Å²) in [6.45, 7) is 0.476. The molecule has 80 valence electrons. The minimum absolute atomic E-state index is 0.249. The zero-order chi connectivity index (χ0) is 11.0. The number of aromatic nitrogens is 3. The van der Waals surface area contributed by atoms with Crippen LogP contribution in [0.3, 0.4) is 0 Å². The van der Waals surface area contributed by atoms with Gasteiger partial charge in [-0.2, -0.15) is 4.98 Å². The Morgan fingerprint density at radius 2 is 2.25 bits per heavy atom. The summed E-state index contributed by atoms with van der Waals surface area (Å²) >= 11 is 0. The molecule has 0 saturated carbocycles. The predicted octanol–water partition coefficient (Wildman–Crippen LogP) is 2.21. The van der Waals surface area contributed by atoms with E-state index in [0.717, 1.165) is 10.9 Å². The number of hydrogen-bond acceptors (Lipinski definition) is 3. The largest absolute Gasteiger partial charge is 0.343 e. The average Bonchev–Trinajstić information content (AvgIpc) is 2.90. The third kappa shape index (κ3) is 1.46. The number of benzene rings is 1. The second-order valence-electron chi connectivity index (χ2n) is 3.49. The molecule has 0 amide bonds. The Hall–Kier alpha value is -2.17. The van der Waals surface area contributed by atoms with E-state index in [1.54, 1.807) is 6.07 Å². The molecule has 0 aliphatic carbocycles. The molecule has 4 nitrogen and oxygen atoms in total. The van der Waals surface area contributed by atoms with E-state index in [1.165, 1.54) is 18.5 Å². The Morgan fingerprint density at radius 3 is 3.06 bits per heavy atom. The predicted molar refractivity (Wildman–Crippen MR) is 55.3 cm³/mol. The monoisotopic (exact) mass is 217 g/mol. The van der Waals surface area contributed by atoms with Crippen LogP contribution in [0.4, 0.5) is 4.39 Å². The normalized spacial score (nSPS) is 11.1. The van der Waals surface area contributed by atoms with Crippen molar-refractivity contribution < 1.29 is 8.91 Å². The van der Waals surface area contributed by atoms with Gasteiger partial charge >= 0.3 is 0 Å². The highest BCUT2D eigenvalue weighted by molar-refractivity contribution is 5.80. The summed E-state index contributed by atoms with van der Waals surface area (Å²) in [5.41, 5.74) is 0.824. The quantitative estimate of drug-likeness (QED) is 0.661. The van der Waals surface area contributed by atoms with E-state index >= 15 is 0 Å². The molecule has 0 aliphatic rings. The van der Waals surface area contributed by atoms with Crippen LogP contribution in [0.25, 0.3) is 10.9 Å². The Labute approximate surface area is 90.3 Å². The molecule has 0 fully saturated rings. The summed E-state index contributed by atoms with van der Waals surface area (Å²) in [7, 11) is 0. The van der Waals surface area contributed by atoms with Crippen LogP contribution >= 0.6 is 0 Å². The third-order valence-electron chi connectivity index (χ3n) is 2.45. The zero-order valence-corrected chi connectivity index (χ0v) is 8.30. The molecule has 3 rings (SSSR count). The van der Waals surface area contributed by atoms with Gasteiger partial charge in [0.25, 0.3) is 0 Å². The maximum Gasteiger partial charge on any atom is 0.213 e. The Kier molecular flexibility index (Phi) is 1.96. The maximum absolute atomic E-state index is 13.1. The molecule has 0 unspecified atom stereocenters. The van der Waals surface area contributed by atoms with Crippen molar-refractivity contribution in [3.63, 3.8) is 0 Å². The van der Waals surface area contributed by atoms with Gasteiger partial charge in [-0.3, -0.25) is 0 Å². The summed E-state index contributed by atoms with van der Waals surface area (Å²) in [6.07, 6.45) is 3.15. The summed E-state index contributed by atoms with van der Waals surface area (Å²) in [4.78, 5) is 3.93. The van der Waals surface area contributed by atoms with Gasteiger partial charge in [0.15, 0.2) is 5.82 Å². The number of fused-ring (bicyclic) bond motifs is 1. The molecule has 5 heteroatoms. The van der Waals surface area contributed by atoms with Crippen molar-refractivity contribution in [2.24, 2.45) is 0 Å². The summed E-state index contributed by atoms with van der Waals surface area (Å²) in [5, 5.41) is 4.71. The molecule has 0 bridgehead atoms. The van der Waals surface area contributed by atoms with E-state index in [2.05, 4.69) is 14.7 Å². The van der Waals surface area contributed by atoms with E-state index in [9.17, 15) is 4.39 Å². The van der Waals surface area contributed by atoms with Crippen LogP contribution in [0.1, 0.15) is 5.82 Å². The molecule has 2 heterocycles. The van der Waals surface area contributed by atoms with Crippen molar-refractivity contribution in [1.29, 1.82) is 0 Å². The topological polar surface area (TPSA) is 43.9 Å². The highest BCUT2D eigenvalue weighted by Crippen LogP contribution is 2.17. The lowest BCUT2D eigenvalue weighted by atomic mass is 10.2. The first-order valence-corrected chi connectivity index (χ1v) is 4.82. The van der Waals surface area contributed by atoms with Gasteiger partial charge in [0, 0.05) is 6.20 Å². The minimum Gasteiger partial charge on any atom is -0.343 e. The molecule has 16 heavy (non-hydrogen) atoms. The van der Waals surface area contributed by atoms with Crippen LogP contribution in [0.5, 0.6) is 0 Å². The maximum atomic E-state index is 13.1. The van der Waals surface area contributed by atoms with E-state index < -0.39 is 0 Å². The van der Waals surface area contributed by atoms with Gasteiger partial charge in [-0.15, -0.1) is 0 Å². The van der Waals surface area contributed by atoms with Crippen LogP contribution in [0, 0.1) is 5.82 Å². The first-order valence-electron chi connectivity index (χ1n) is 4.82. The number of halogens is 1. The van der Waals surface area contributed by atoms with Crippen molar-refractivity contribution in [2.45, 2.75) is 6.54 Å². The summed E-state index contributed by atoms with van der Waals surface area (Å²) in [6, 6.07) is 6.61. The number of nitrogens with zero attached hydrogens (tertiary/aromatic N) is 3. The van der Waals surface area contributed by atoms with E-state index in [1.807, 2.05) is 16.8 Å². The van der Waals surface area contributed by atoms with Gasteiger partial charge in [-0.05, 0) is 29.7 Å². The van der Waals surface area contributed by atoms with Crippen molar-refractivity contribution in [2.75, 3.05) is 0 Å². The lowest BCUT2D eigenvalue weighted by Crippen LogP contribution is -1.99. The van der Waals surface area contributed by atoms with Crippen LogP contribution in [0.15, 0.2) is 41.4 Å². The Balaban J connectivity index is 2.07. The van der Waals surface area contributed by atoms with Gasteiger partial charge in [-0.25, -0.2) is 4.39 Å². The SMILES string of the molecule is Fc1ccc2ccn(Cc3ncon3)c2c1. The molecule has 0 spiro atoms. The van der Waals surface area contributed by atoms with Crippen molar-refractivity contribution in [3.05, 3.63) is 48.5 Å². The fraction of sp³-hybridized carbons (Fsp3) is 0.0909. The van der Waals surface area contributed by atoms with Crippen molar-refractivity contribution in [1.82, 2.24) is 14.7 Å².